The summed E-state index contributed by atoms with van der Waals surface area (Å²) < 4.78 is 14.3. The number of halogens is 2. The van der Waals surface area contributed by atoms with Gasteiger partial charge in [-0.1, -0.05) is 29.3 Å². The van der Waals surface area contributed by atoms with Gasteiger partial charge in [-0.3, -0.25) is 0 Å². The third-order valence-electron chi connectivity index (χ3n) is 2.39. The van der Waals surface area contributed by atoms with Crippen LogP contribution in [0.3, 0.4) is 0 Å². The number of hydrogen-bond acceptors (Lipinski definition) is 2. The first-order chi connectivity index (χ1) is 7.58. The van der Waals surface area contributed by atoms with E-state index in [2.05, 4.69) is 0 Å². The predicted molar refractivity (Wildman–Crippen MR) is 66.5 cm³/mol. The van der Waals surface area contributed by atoms with Crippen LogP contribution in [0.15, 0.2) is 30.3 Å². The van der Waals surface area contributed by atoms with Gasteiger partial charge in [0.1, 0.15) is 5.82 Å². The largest absolute Gasteiger partial charge is 0.320 e. The molecule has 0 aliphatic carbocycles. The van der Waals surface area contributed by atoms with E-state index in [4.69, 9.17) is 17.3 Å². The van der Waals surface area contributed by atoms with Crippen molar-refractivity contribution in [2.24, 2.45) is 5.73 Å². The Kier molecular flexibility index (Phi) is 3.28. The Morgan fingerprint density at radius 1 is 1.31 bits per heavy atom. The molecule has 2 aromatic rings. The smallest absolute Gasteiger partial charge is 0.128 e. The van der Waals surface area contributed by atoms with Gasteiger partial charge in [-0.15, -0.1) is 11.3 Å². The lowest BCUT2D eigenvalue weighted by atomic mass is 10.0. The zero-order valence-electron chi connectivity index (χ0n) is 8.71. The van der Waals surface area contributed by atoms with Gasteiger partial charge in [0.25, 0.3) is 0 Å². The molecule has 2 rings (SSSR count). The van der Waals surface area contributed by atoms with Crippen LogP contribution in [0.4, 0.5) is 4.39 Å². The molecule has 1 unspecified atom stereocenters. The third kappa shape index (κ3) is 2.26. The summed E-state index contributed by atoms with van der Waals surface area (Å²) >= 11 is 7.21. The number of hydrogen-bond donors (Lipinski definition) is 1. The molecule has 16 heavy (non-hydrogen) atoms. The highest BCUT2D eigenvalue weighted by molar-refractivity contribution is 7.16. The SMILES string of the molecule is Cc1ccc(F)c(C(N)c2ccc(Cl)s2)c1. The Bertz CT molecular complexity index is 509. The number of benzene rings is 1. The number of thiophene rings is 1. The lowest BCUT2D eigenvalue weighted by molar-refractivity contribution is 0.600. The molecule has 84 valence electrons. The molecule has 0 aliphatic rings. The summed E-state index contributed by atoms with van der Waals surface area (Å²) in [6.07, 6.45) is 0. The summed E-state index contributed by atoms with van der Waals surface area (Å²) in [6.45, 7) is 1.91. The lowest BCUT2D eigenvalue weighted by Crippen LogP contribution is -2.12. The predicted octanol–water partition coefficient (Wildman–Crippen LogP) is 3.90. The molecule has 1 nitrogen and oxygen atoms in total. The fourth-order valence-corrected chi connectivity index (χ4v) is 2.63. The maximum Gasteiger partial charge on any atom is 0.128 e. The topological polar surface area (TPSA) is 26.0 Å². The first-order valence-corrected chi connectivity index (χ1v) is 6.04. The highest BCUT2D eigenvalue weighted by atomic mass is 35.5. The second kappa shape index (κ2) is 4.53. The molecule has 0 spiro atoms. The molecular weight excluding hydrogens is 245 g/mol. The van der Waals surface area contributed by atoms with Crippen LogP contribution in [-0.2, 0) is 0 Å². The van der Waals surface area contributed by atoms with Crippen LogP contribution in [0, 0.1) is 12.7 Å². The van der Waals surface area contributed by atoms with Gasteiger partial charge in [0.2, 0.25) is 0 Å². The van der Waals surface area contributed by atoms with Crippen LogP contribution in [0.5, 0.6) is 0 Å². The number of aryl methyl sites for hydroxylation is 1. The van der Waals surface area contributed by atoms with Crippen molar-refractivity contribution in [2.75, 3.05) is 0 Å². The van der Waals surface area contributed by atoms with E-state index in [1.54, 1.807) is 18.2 Å². The van der Waals surface area contributed by atoms with E-state index in [1.165, 1.54) is 17.4 Å². The van der Waals surface area contributed by atoms with Crippen LogP contribution in [0.2, 0.25) is 4.34 Å². The van der Waals surface area contributed by atoms with Crippen molar-refractivity contribution in [3.8, 4) is 0 Å². The Morgan fingerprint density at radius 3 is 2.69 bits per heavy atom. The average molecular weight is 256 g/mol. The van der Waals surface area contributed by atoms with Gasteiger partial charge < -0.3 is 5.73 Å². The van der Waals surface area contributed by atoms with Crippen molar-refractivity contribution in [2.45, 2.75) is 13.0 Å². The fraction of sp³-hybridized carbons (Fsp3) is 0.167. The van der Waals surface area contributed by atoms with Crippen molar-refractivity contribution >= 4 is 22.9 Å². The van der Waals surface area contributed by atoms with Crippen molar-refractivity contribution in [1.29, 1.82) is 0 Å². The Hall–Kier alpha value is -0.900. The Morgan fingerprint density at radius 2 is 2.06 bits per heavy atom. The first kappa shape index (κ1) is 11.6. The fourth-order valence-electron chi connectivity index (χ4n) is 1.55. The van der Waals surface area contributed by atoms with Gasteiger partial charge in [0.05, 0.1) is 10.4 Å². The average Bonchev–Trinajstić information content (AvgIpc) is 2.67. The van der Waals surface area contributed by atoms with E-state index < -0.39 is 6.04 Å². The second-order valence-electron chi connectivity index (χ2n) is 3.64. The van der Waals surface area contributed by atoms with Crippen LogP contribution >= 0.6 is 22.9 Å². The zero-order chi connectivity index (χ0) is 11.7. The standard InChI is InChI=1S/C12H11ClFNS/c1-7-2-3-9(14)8(6-7)12(15)10-4-5-11(13)16-10/h2-6,12H,15H2,1H3. The first-order valence-electron chi connectivity index (χ1n) is 4.85. The van der Waals surface area contributed by atoms with Crippen LogP contribution in [0.1, 0.15) is 22.0 Å². The van der Waals surface area contributed by atoms with Gasteiger partial charge in [-0.2, -0.15) is 0 Å². The molecule has 0 amide bonds. The monoisotopic (exact) mass is 255 g/mol. The number of nitrogens with two attached hydrogens (primary N) is 1. The minimum atomic E-state index is -0.447. The minimum Gasteiger partial charge on any atom is -0.320 e. The Balaban J connectivity index is 2.40. The maximum atomic E-state index is 13.6. The van der Waals surface area contributed by atoms with Crippen molar-refractivity contribution in [3.05, 3.63) is 56.5 Å². The molecule has 0 radical (unpaired) electrons. The molecule has 0 fully saturated rings. The molecular formula is C12H11ClFNS. The van der Waals surface area contributed by atoms with Crippen molar-refractivity contribution < 1.29 is 4.39 Å². The van der Waals surface area contributed by atoms with E-state index >= 15 is 0 Å². The van der Waals surface area contributed by atoms with Crippen LogP contribution in [-0.4, -0.2) is 0 Å². The summed E-state index contributed by atoms with van der Waals surface area (Å²) in [5, 5.41) is 0. The van der Waals surface area contributed by atoms with Crippen molar-refractivity contribution in [3.63, 3.8) is 0 Å². The number of rotatable bonds is 2. The van der Waals surface area contributed by atoms with E-state index in [-0.39, 0.29) is 5.82 Å². The molecule has 0 bridgehead atoms. The van der Waals surface area contributed by atoms with Crippen LogP contribution < -0.4 is 5.73 Å². The summed E-state index contributed by atoms with van der Waals surface area (Å²) in [4.78, 5) is 0.870. The highest BCUT2D eigenvalue weighted by Crippen LogP contribution is 2.30. The molecule has 1 atom stereocenters. The van der Waals surface area contributed by atoms with E-state index in [9.17, 15) is 4.39 Å². The van der Waals surface area contributed by atoms with Crippen molar-refractivity contribution in [1.82, 2.24) is 0 Å². The molecule has 2 N–H and O–H groups in total. The summed E-state index contributed by atoms with van der Waals surface area (Å²) in [5.74, 6) is -0.275. The molecule has 4 heteroatoms. The molecule has 1 aromatic heterocycles. The third-order valence-corrected chi connectivity index (χ3v) is 3.70. The van der Waals surface area contributed by atoms with Gasteiger partial charge in [0, 0.05) is 10.4 Å². The molecule has 1 heterocycles. The minimum absolute atomic E-state index is 0.275. The molecule has 0 saturated carbocycles. The summed E-state index contributed by atoms with van der Waals surface area (Å²) in [5.41, 5.74) is 7.52. The summed E-state index contributed by atoms with van der Waals surface area (Å²) in [7, 11) is 0. The molecule has 0 saturated heterocycles. The quantitative estimate of drug-likeness (QED) is 0.866. The van der Waals surface area contributed by atoms with Gasteiger partial charge in [0.15, 0.2) is 0 Å². The van der Waals surface area contributed by atoms with E-state index in [0.717, 1.165) is 10.4 Å². The Labute approximate surface area is 103 Å². The summed E-state index contributed by atoms with van der Waals surface area (Å²) in [6, 6.07) is 8.10. The van der Waals surface area contributed by atoms with Gasteiger partial charge in [-0.25, -0.2) is 4.39 Å². The lowest BCUT2D eigenvalue weighted by Gasteiger charge is -2.11. The molecule has 0 aliphatic heterocycles. The normalized spacial score (nSPS) is 12.8. The second-order valence-corrected chi connectivity index (χ2v) is 5.39. The van der Waals surface area contributed by atoms with Gasteiger partial charge >= 0.3 is 0 Å². The van der Waals surface area contributed by atoms with E-state index in [1.807, 2.05) is 13.0 Å². The molecule has 1 aromatic carbocycles. The van der Waals surface area contributed by atoms with E-state index in [0.29, 0.717) is 9.90 Å². The van der Waals surface area contributed by atoms with Crippen LogP contribution in [0.25, 0.3) is 0 Å². The van der Waals surface area contributed by atoms with Gasteiger partial charge in [-0.05, 0) is 25.1 Å². The highest BCUT2D eigenvalue weighted by Gasteiger charge is 2.15. The maximum absolute atomic E-state index is 13.6. The zero-order valence-corrected chi connectivity index (χ0v) is 10.3.